The lowest BCUT2D eigenvalue weighted by Crippen LogP contribution is -2.50. The van der Waals surface area contributed by atoms with E-state index in [1.807, 2.05) is 36.4 Å². The highest BCUT2D eigenvalue weighted by Crippen LogP contribution is 2.53. The number of nitrogens with zero attached hydrogens (tertiary/aromatic N) is 1. The Kier molecular flexibility index (Phi) is 7.06. The first kappa shape index (κ1) is 26.6. The Balaban J connectivity index is 1.23. The number of amides is 2. The van der Waals surface area contributed by atoms with Gasteiger partial charge in [-0.3, -0.25) is 9.59 Å². The van der Waals surface area contributed by atoms with Crippen molar-refractivity contribution in [3.8, 4) is 5.75 Å². The summed E-state index contributed by atoms with van der Waals surface area (Å²) in [5, 5.41) is 9.56. The molecule has 42 heavy (non-hydrogen) atoms. The molecule has 4 aromatic rings. The second kappa shape index (κ2) is 11.2. The molecule has 7 rings (SSSR count). The minimum Gasteiger partial charge on any atom is -0.497 e. The van der Waals surface area contributed by atoms with Crippen LogP contribution in [0.1, 0.15) is 65.7 Å². The fraction of sp³-hybridized carbons (Fsp3) is 0.333. The van der Waals surface area contributed by atoms with Gasteiger partial charge in [0.25, 0.3) is 5.91 Å². The number of likely N-dealkylation sites (tertiary alicyclic amines) is 1. The zero-order chi connectivity index (χ0) is 28.6. The van der Waals surface area contributed by atoms with E-state index in [2.05, 4.69) is 70.1 Å². The van der Waals surface area contributed by atoms with E-state index in [0.29, 0.717) is 12.1 Å². The SMILES string of the molecule is COc1ccc2c(c1)N[C@@H](c1cccc3ccccc13)[C@H]1CCN(C(=O)[C@H]3CCCC[C@H]3NC(=O)c3ccccc3)[C@@H]21. The quantitative estimate of drug-likeness (QED) is 0.279. The summed E-state index contributed by atoms with van der Waals surface area (Å²) in [6.45, 7) is 0.707. The summed E-state index contributed by atoms with van der Waals surface area (Å²) in [6.07, 6.45) is 4.56. The molecule has 0 radical (unpaired) electrons. The third-order valence-electron chi connectivity index (χ3n) is 9.64. The second-order valence-corrected chi connectivity index (χ2v) is 11.9. The third-order valence-corrected chi connectivity index (χ3v) is 9.64. The molecule has 2 heterocycles. The number of hydrogen-bond acceptors (Lipinski definition) is 4. The van der Waals surface area contributed by atoms with Gasteiger partial charge in [-0.2, -0.15) is 0 Å². The van der Waals surface area contributed by atoms with Crippen LogP contribution in [-0.2, 0) is 4.79 Å². The van der Waals surface area contributed by atoms with Gasteiger partial charge in [-0.05, 0) is 59.4 Å². The van der Waals surface area contributed by atoms with Crippen molar-refractivity contribution in [3.05, 3.63) is 108 Å². The molecule has 3 aliphatic rings. The maximum absolute atomic E-state index is 14.5. The van der Waals surface area contributed by atoms with Crippen molar-refractivity contribution >= 4 is 28.3 Å². The highest BCUT2D eigenvalue weighted by Gasteiger charge is 2.48. The van der Waals surface area contributed by atoms with Crippen LogP contribution in [0.15, 0.2) is 91.0 Å². The fourth-order valence-electron chi connectivity index (χ4n) is 7.61. The van der Waals surface area contributed by atoms with E-state index in [1.165, 1.54) is 16.3 Å². The van der Waals surface area contributed by atoms with Gasteiger partial charge < -0.3 is 20.3 Å². The van der Waals surface area contributed by atoms with Gasteiger partial charge in [0.1, 0.15) is 5.75 Å². The van der Waals surface area contributed by atoms with E-state index in [9.17, 15) is 9.59 Å². The monoisotopic (exact) mass is 559 g/mol. The average Bonchev–Trinajstić information content (AvgIpc) is 3.50. The Morgan fingerprint density at radius 3 is 2.50 bits per heavy atom. The maximum atomic E-state index is 14.5. The summed E-state index contributed by atoms with van der Waals surface area (Å²) < 4.78 is 5.60. The standard InChI is InChI=1S/C36H37N3O3/c1-42-25-18-19-28-32(22-25)37-33(27-16-9-13-23-10-5-6-14-26(23)27)30-20-21-39(34(28)30)36(41)29-15-7-8-17-31(29)38-35(40)24-11-3-2-4-12-24/h2-6,9-14,16,18-19,22,29-31,33-34,37H,7-8,15,17,20-21H2,1H3,(H,38,40)/t29-,30+,31+,33-,34-/m0/s1. The molecule has 1 aliphatic carbocycles. The molecule has 0 aromatic heterocycles. The Hall–Kier alpha value is -4.32. The van der Waals surface area contributed by atoms with Gasteiger partial charge in [-0.1, -0.05) is 79.6 Å². The number of rotatable bonds is 5. The molecular formula is C36H37N3O3. The number of benzene rings is 4. The number of methoxy groups -OCH3 is 1. The molecule has 6 heteroatoms. The number of nitrogens with one attached hydrogen (secondary N) is 2. The first-order valence-corrected chi connectivity index (χ1v) is 15.2. The van der Waals surface area contributed by atoms with E-state index in [4.69, 9.17) is 4.74 Å². The van der Waals surface area contributed by atoms with Crippen molar-refractivity contribution in [1.29, 1.82) is 0 Å². The Bertz CT molecular complexity index is 1610. The third kappa shape index (κ3) is 4.69. The summed E-state index contributed by atoms with van der Waals surface area (Å²) in [4.78, 5) is 29.7. The van der Waals surface area contributed by atoms with E-state index in [1.54, 1.807) is 7.11 Å². The molecule has 2 N–H and O–H groups in total. The number of hydrogen-bond donors (Lipinski definition) is 2. The normalized spacial score (nSPS) is 24.8. The molecule has 0 bridgehead atoms. The molecule has 6 nitrogen and oxygen atoms in total. The van der Waals surface area contributed by atoms with Gasteiger partial charge in [0.2, 0.25) is 5.91 Å². The van der Waals surface area contributed by atoms with Gasteiger partial charge in [0, 0.05) is 35.8 Å². The lowest BCUT2D eigenvalue weighted by Gasteiger charge is -2.42. The number of carbonyl (C=O) groups excluding carboxylic acids is 2. The van der Waals surface area contributed by atoms with Crippen LogP contribution in [-0.4, -0.2) is 36.4 Å². The molecule has 2 amide bonds. The molecule has 0 unspecified atom stereocenters. The van der Waals surface area contributed by atoms with Crippen LogP contribution >= 0.6 is 0 Å². The van der Waals surface area contributed by atoms with Crippen LogP contribution in [0.25, 0.3) is 10.8 Å². The molecule has 5 atom stereocenters. The average molecular weight is 560 g/mol. The lowest BCUT2D eigenvalue weighted by molar-refractivity contribution is -0.138. The van der Waals surface area contributed by atoms with Crippen LogP contribution in [0.4, 0.5) is 5.69 Å². The zero-order valence-electron chi connectivity index (χ0n) is 24.0. The molecule has 2 aliphatic heterocycles. The van der Waals surface area contributed by atoms with E-state index >= 15 is 0 Å². The van der Waals surface area contributed by atoms with Crippen LogP contribution in [0.3, 0.4) is 0 Å². The lowest BCUT2D eigenvalue weighted by atomic mass is 9.78. The molecule has 1 saturated heterocycles. The first-order valence-electron chi connectivity index (χ1n) is 15.2. The largest absolute Gasteiger partial charge is 0.497 e. The van der Waals surface area contributed by atoms with Crippen molar-refractivity contribution < 1.29 is 14.3 Å². The van der Waals surface area contributed by atoms with Crippen molar-refractivity contribution in [2.75, 3.05) is 19.0 Å². The molecule has 2 fully saturated rings. The molecular weight excluding hydrogens is 522 g/mol. The van der Waals surface area contributed by atoms with Crippen LogP contribution in [0.5, 0.6) is 5.75 Å². The van der Waals surface area contributed by atoms with Crippen molar-refractivity contribution in [3.63, 3.8) is 0 Å². The summed E-state index contributed by atoms with van der Waals surface area (Å²) >= 11 is 0. The van der Waals surface area contributed by atoms with E-state index < -0.39 is 0 Å². The zero-order valence-corrected chi connectivity index (χ0v) is 24.0. The minimum atomic E-state index is -0.224. The predicted octanol–water partition coefficient (Wildman–Crippen LogP) is 6.89. The van der Waals surface area contributed by atoms with E-state index in [0.717, 1.165) is 49.1 Å². The minimum absolute atomic E-state index is 0.0453. The van der Waals surface area contributed by atoms with Gasteiger partial charge >= 0.3 is 0 Å². The van der Waals surface area contributed by atoms with Gasteiger partial charge in [-0.15, -0.1) is 0 Å². The highest BCUT2D eigenvalue weighted by atomic mass is 16.5. The fourth-order valence-corrected chi connectivity index (χ4v) is 7.61. The number of fused-ring (bicyclic) bond motifs is 4. The molecule has 0 spiro atoms. The van der Waals surface area contributed by atoms with Gasteiger partial charge in [0.05, 0.1) is 25.1 Å². The molecule has 4 aromatic carbocycles. The smallest absolute Gasteiger partial charge is 0.251 e. The molecule has 1 saturated carbocycles. The number of ether oxygens (including phenoxy) is 1. The highest BCUT2D eigenvalue weighted by molar-refractivity contribution is 5.95. The van der Waals surface area contributed by atoms with Crippen molar-refractivity contribution in [1.82, 2.24) is 10.2 Å². The van der Waals surface area contributed by atoms with Crippen molar-refractivity contribution in [2.45, 2.75) is 50.2 Å². The maximum Gasteiger partial charge on any atom is 0.251 e. The summed E-state index contributed by atoms with van der Waals surface area (Å²) in [7, 11) is 1.69. The van der Waals surface area contributed by atoms with Crippen molar-refractivity contribution in [2.24, 2.45) is 11.8 Å². The van der Waals surface area contributed by atoms with E-state index in [-0.39, 0.29) is 41.8 Å². The summed E-state index contributed by atoms with van der Waals surface area (Å²) in [5.41, 5.74) is 4.06. The molecule has 214 valence electrons. The Morgan fingerprint density at radius 2 is 1.64 bits per heavy atom. The second-order valence-electron chi connectivity index (χ2n) is 11.9. The van der Waals surface area contributed by atoms with Gasteiger partial charge in [0.15, 0.2) is 0 Å². The van der Waals surface area contributed by atoms with Crippen LogP contribution in [0, 0.1) is 11.8 Å². The topological polar surface area (TPSA) is 70.7 Å². The number of carbonyl (C=O) groups is 2. The van der Waals surface area contributed by atoms with Gasteiger partial charge in [-0.25, -0.2) is 0 Å². The summed E-state index contributed by atoms with van der Waals surface area (Å²) in [5.74, 6) is 0.860. The first-order chi connectivity index (χ1) is 20.6. The van der Waals surface area contributed by atoms with Crippen LogP contribution < -0.4 is 15.4 Å². The number of anilines is 1. The Morgan fingerprint density at radius 1 is 0.857 bits per heavy atom. The van der Waals surface area contributed by atoms with Crippen LogP contribution in [0.2, 0.25) is 0 Å². The summed E-state index contributed by atoms with van der Waals surface area (Å²) in [6, 6.07) is 30.4. The Labute approximate surface area is 247 Å². The predicted molar refractivity (Wildman–Crippen MR) is 166 cm³/mol.